The molecule has 0 aliphatic heterocycles. The van der Waals surface area contributed by atoms with Gasteiger partial charge >= 0.3 is 0 Å². The molecule has 0 radical (unpaired) electrons. The zero-order valence-electron chi connectivity index (χ0n) is 20.3. The molecule has 0 saturated heterocycles. The van der Waals surface area contributed by atoms with Crippen molar-refractivity contribution >= 4 is 17.5 Å². The molecule has 0 spiro atoms. The van der Waals surface area contributed by atoms with Crippen molar-refractivity contribution < 1.29 is 14.3 Å². The van der Waals surface area contributed by atoms with Crippen LogP contribution in [0.25, 0.3) is 0 Å². The minimum absolute atomic E-state index is 0.0724. The average molecular weight is 479 g/mol. The van der Waals surface area contributed by atoms with Gasteiger partial charge in [0.25, 0.3) is 5.91 Å². The van der Waals surface area contributed by atoms with Gasteiger partial charge in [0.15, 0.2) is 6.61 Å². The van der Waals surface area contributed by atoms with Crippen molar-refractivity contribution in [2.45, 2.75) is 25.9 Å². The predicted molar refractivity (Wildman–Crippen MR) is 143 cm³/mol. The SMILES string of the molecule is CC(NC(=O)Cc1cccc(N(Cc2ccccc2)C(=O)COc2ccccc2)c1)c1ccccc1. The Morgan fingerprint density at radius 2 is 1.39 bits per heavy atom. The van der Waals surface area contributed by atoms with Crippen LogP contribution in [0.3, 0.4) is 0 Å². The van der Waals surface area contributed by atoms with Gasteiger partial charge < -0.3 is 15.0 Å². The summed E-state index contributed by atoms with van der Waals surface area (Å²) in [6.45, 7) is 2.28. The van der Waals surface area contributed by atoms with Crippen molar-refractivity contribution in [2.75, 3.05) is 11.5 Å². The highest BCUT2D eigenvalue weighted by molar-refractivity contribution is 5.94. The standard InChI is InChI=1S/C31H30N2O3/c1-24(27-15-7-3-8-16-27)32-30(34)21-26-14-11-17-28(20-26)33(22-25-12-5-2-6-13-25)31(35)23-36-29-18-9-4-10-19-29/h2-20,24H,21-23H2,1H3,(H,32,34). The Balaban J connectivity index is 1.48. The second kappa shape index (κ2) is 12.4. The van der Waals surface area contributed by atoms with Crippen LogP contribution < -0.4 is 15.0 Å². The number of anilines is 1. The van der Waals surface area contributed by atoms with Gasteiger partial charge in [-0.3, -0.25) is 9.59 Å². The lowest BCUT2D eigenvalue weighted by atomic mass is 10.1. The van der Waals surface area contributed by atoms with Crippen LogP contribution >= 0.6 is 0 Å². The Morgan fingerprint density at radius 3 is 2.08 bits per heavy atom. The number of hydrogen-bond donors (Lipinski definition) is 1. The number of para-hydroxylation sites is 1. The lowest BCUT2D eigenvalue weighted by Crippen LogP contribution is -2.34. The van der Waals surface area contributed by atoms with Crippen molar-refractivity contribution in [3.8, 4) is 5.75 Å². The molecular formula is C31H30N2O3. The average Bonchev–Trinajstić information content (AvgIpc) is 2.92. The highest BCUT2D eigenvalue weighted by Crippen LogP contribution is 2.21. The molecule has 0 fully saturated rings. The third-order valence-electron chi connectivity index (χ3n) is 5.85. The number of hydrogen-bond acceptors (Lipinski definition) is 3. The summed E-state index contributed by atoms with van der Waals surface area (Å²) < 4.78 is 5.73. The van der Waals surface area contributed by atoms with E-state index < -0.39 is 0 Å². The summed E-state index contributed by atoms with van der Waals surface area (Å²) in [5.41, 5.74) is 3.62. The van der Waals surface area contributed by atoms with E-state index >= 15 is 0 Å². The van der Waals surface area contributed by atoms with Gasteiger partial charge in [0.2, 0.25) is 5.91 Å². The van der Waals surface area contributed by atoms with Crippen molar-refractivity contribution in [1.82, 2.24) is 5.32 Å². The number of benzene rings is 4. The van der Waals surface area contributed by atoms with Crippen LogP contribution in [0.2, 0.25) is 0 Å². The first kappa shape index (κ1) is 24.7. The molecular weight excluding hydrogens is 448 g/mol. The summed E-state index contributed by atoms with van der Waals surface area (Å²) in [7, 11) is 0. The van der Waals surface area contributed by atoms with Gasteiger partial charge in [-0.25, -0.2) is 0 Å². The maximum absolute atomic E-state index is 13.3. The monoisotopic (exact) mass is 478 g/mol. The molecule has 4 aromatic carbocycles. The van der Waals surface area contributed by atoms with Crippen molar-refractivity contribution in [1.29, 1.82) is 0 Å². The number of nitrogens with one attached hydrogen (secondary N) is 1. The molecule has 4 aromatic rings. The van der Waals surface area contributed by atoms with Crippen LogP contribution in [0.5, 0.6) is 5.75 Å². The Labute approximate surface area is 212 Å². The fraction of sp³-hybridized carbons (Fsp3) is 0.161. The number of amides is 2. The van der Waals surface area contributed by atoms with Crippen LogP contribution in [0.1, 0.15) is 29.7 Å². The molecule has 2 amide bonds. The highest BCUT2D eigenvalue weighted by Gasteiger charge is 2.18. The second-order valence-electron chi connectivity index (χ2n) is 8.61. The van der Waals surface area contributed by atoms with Crippen molar-refractivity contribution in [3.05, 3.63) is 132 Å². The molecule has 0 aliphatic rings. The Kier molecular flexibility index (Phi) is 8.49. The highest BCUT2D eigenvalue weighted by atomic mass is 16.5. The van der Waals surface area contributed by atoms with Gasteiger partial charge in [0, 0.05) is 5.69 Å². The van der Waals surface area contributed by atoms with Gasteiger partial charge in [-0.1, -0.05) is 91.0 Å². The van der Waals surface area contributed by atoms with E-state index in [4.69, 9.17) is 4.74 Å². The number of nitrogens with zero attached hydrogens (tertiary/aromatic N) is 1. The van der Waals surface area contributed by atoms with Gasteiger partial charge in [-0.05, 0) is 47.9 Å². The summed E-state index contributed by atoms with van der Waals surface area (Å²) in [4.78, 5) is 27.7. The molecule has 0 bridgehead atoms. The smallest absolute Gasteiger partial charge is 0.265 e. The largest absolute Gasteiger partial charge is 0.484 e. The zero-order valence-corrected chi connectivity index (χ0v) is 20.3. The molecule has 5 heteroatoms. The third kappa shape index (κ3) is 7.06. The molecule has 1 N–H and O–H groups in total. The molecule has 5 nitrogen and oxygen atoms in total. The number of ether oxygens (including phenoxy) is 1. The normalized spacial score (nSPS) is 11.4. The summed E-state index contributed by atoms with van der Waals surface area (Å²) in [6, 6.07) is 36.5. The lowest BCUT2D eigenvalue weighted by molar-refractivity contribution is -0.121. The lowest BCUT2D eigenvalue weighted by Gasteiger charge is -2.24. The Bertz CT molecular complexity index is 1260. The maximum atomic E-state index is 13.3. The number of rotatable bonds is 10. The van der Waals surface area contributed by atoms with E-state index in [0.29, 0.717) is 12.3 Å². The summed E-state index contributed by atoms with van der Waals surface area (Å²) >= 11 is 0. The van der Waals surface area contributed by atoms with E-state index in [1.165, 1.54) is 0 Å². The molecule has 182 valence electrons. The molecule has 0 aromatic heterocycles. The molecule has 36 heavy (non-hydrogen) atoms. The van der Waals surface area contributed by atoms with Gasteiger partial charge in [-0.2, -0.15) is 0 Å². The van der Waals surface area contributed by atoms with Crippen LogP contribution in [0.4, 0.5) is 5.69 Å². The fourth-order valence-electron chi connectivity index (χ4n) is 3.97. The van der Waals surface area contributed by atoms with Crippen LogP contribution in [-0.2, 0) is 22.6 Å². The van der Waals surface area contributed by atoms with Crippen LogP contribution in [-0.4, -0.2) is 18.4 Å². The topological polar surface area (TPSA) is 58.6 Å². The predicted octanol–water partition coefficient (Wildman–Crippen LogP) is 5.72. The Hall–Kier alpha value is -4.38. The van der Waals surface area contributed by atoms with Gasteiger partial charge in [0.1, 0.15) is 5.75 Å². The van der Waals surface area contributed by atoms with E-state index in [1.807, 2.05) is 122 Å². The van der Waals surface area contributed by atoms with Gasteiger partial charge in [-0.15, -0.1) is 0 Å². The summed E-state index contributed by atoms with van der Waals surface area (Å²) in [5, 5.41) is 3.05. The van der Waals surface area contributed by atoms with E-state index in [1.54, 1.807) is 4.90 Å². The van der Waals surface area contributed by atoms with Crippen LogP contribution in [0.15, 0.2) is 115 Å². The summed E-state index contributed by atoms with van der Waals surface area (Å²) in [6.07, 6.45) is 0.221. The first-order chi connectivity index (χ1) is 17.6. The van der Waals surface area contributed by atoms with E-state index in [9.17, 15) is 9.59 Å². The minimum atomic E-state index is -0.165. The van der Waals surface area contributed by atoms with Crippen molar-refractivity contribution in [3.63, 3.8) is 0 Å². The quantitative estimate of drug-likeness (QED) is 0.317. The Morgan fingerprint density at radius 1 is 0.778 bits per heavy atom. The van der Waals surface area contributed by atoms with Crippen LogP contribution in [0, 0.1) is 0 Å². The third-order valence-corrected chi connectivity index (χ3v) is 5.85. The van der Waals surface area contributed by atoms with E-state index in [-0.39, 0.29) is 30.9 Å². The molecule has 0 aliphatic carbocycles. The fourth-order valence-corrected chi connectivity index (χ4v) is 3.97. The number of carbonyl (C=O) groups is 2. The molecule has 1 unspecified atom stereocenters. The van der Waals surface area contributed by atoms with Crippen molar-refractivity contribution in [2.24, 2.45) is 0 Å². The first-order valence-electron chi connectivity index (χ1n) is 12.0. The molecule has 4 rings (SSSR count). The van der Waals surface area contributed by atoms with E-state index in [0.717, 1.165) is 22.4 Å². The molecule has 0 saturated carbocycles. The molecule has 0 heterocycles. The maximum Gasteiger partial charge on any atom is 0.265 e. The minimum Gasteiger partial charge on any atom is -0.484 e. The summed E-state index contributed by atoms with van der Waals surface area (Å²) in [5.74, 6) is 0.405. The van der Waals surface area contributed by atoms with E-state index in [2.05, 4.69) is 5.32 Å². The van der Waals surface area contributed by atoms with Gasteiger partial charge in [0.05, 0.1) is 19.0 Å². The molecule has 1 atom stereocenters. The first-order valence-corrected chi connectivity index (χ1v) is 12.0. The zero-order chi connectivity index (χ0) is 25.2. The number of carbonyl (C=O) groups excluding carboxylic acids is 2. The second-order valence-corrected chi connectivity index (χ2v) is 8.61.